The van der Waals surface area contributed by atoms with Crippen LogP contribution in [-0.4, -0.2) is 25.3 Å². The maximum absolute atomic E-state index is 11.0. The zero-order chi connectivity index (χ0) is 15.4. The second kappa shape index (κ2) is 6.49. The van der Waals surface area contributed by atoms with Crippen molar-refractivity contribution in [3.8, 4) is 23.0 Å². The van der Waals surface area contributed by atoms with Gasteiger partial charge in [0.15, 0.2) is 0 Å². The molecule has 0 aliphatic rings. The van der Waals surface area contributed by atoms with Crippen molar-refractivity contribution >= 4 is 21.9 Å². The number of halogens is 1. The van der Waals surface area contributed by atoms with Gasteiger partial charge in [-0.1, -0.05) is 15.9 Å². The van der Waals surface area contributed by atoms with Crippen molar-refractivity contribution in [2.75, 3.05) is 14.2 Å². The highest BCUT2D eigenvalue weighted by molar-refractivity contribution is 9.10. The molecule has 0 fully saturated rings. The van der Waals surface area contributed by atoms with Crippen LogP contribution in [0.1, 0.15) is 10.4 Å². The van der Waals surface area contributed by atoms with Gasteiger partial charge in [0.2, 0.25) is 0 Å². The van der Waals surface area contributed by atoms with Crippen molar-refractivity contribution in [2.24, 2.45) is 0 Å². The van der Waals surface area contributed by atoms with E-state index in [4.69, 9.17) is 19.3 Å². The molecule has 0 amide bonds. The van der Waals surface area contributed by atoms with Crippen molar-refractivity contribution in [1.82, 2.24) is 0 Å². The fourth-order valence-electron chi connectivity index (χ4n) is 1.72. The second-order valence-electron chi connectivity index (χ2n) is 4.13. The van der Waals surface area contributed by atoms with Crippen molar-refractivity contribution < 1.29 is 24.1 Å². The molecule has 2 rings (SSSR count). The van der Waals surface area contributed by atoms with Crippen LogP contribution in [-0.2, 0) is 0 Å². The minimum Gasteiger partial charge on any atom is -0.496 e. The van der Waals surface area contributed by atoms with E-state index in [1.165, 1.54) is 12.1 Å². The van der Waals surface area contributed by atoms with E-state index < -0.39 is 5.97 Å². The molecular formula is C15H13BrO5. The Hall–Kier alpha value is -2.21. The zero-order valence-corrected chi connectivity index (χ0v) is 13.0. The molecule has 0 aliphatic heterocycles. The molecule has 5 nitrogen and oxygen atoms in total. The molecule has 2 aromatic carbocycles. The molecule has 0 saturated heterocycles. The minimum atomic E-state index is -1.02. The summed E-state index contributed by atoms with van der Waals surface area (Å²) in [5, 5.41) is 9.05. The predicted molar refractivity (Wildman–Crippen MR) is 80.7 cm³/mol. The number of carbonyl (C=O) groups is 1. The van der Waals surface area contributed by atoms with E-state index in [9.17, 15) is 4.79 Å². The Morgan fingerprint density at radius 1 is 0.905 bits per heavy atom. The number of aromatic carboxylic acids is 1. The fraction of sp³-hybridized carbons (Fsp3) is 0.133. The highest BCUT2D eigenvalue weighted by Gasteiger charge is 2.09. The lowest BCUT2D eigenvalue weighted by Gasteiger charge is -2.11. The van der Waals surface area contributed by atoms with Gasteiger partial charge in [-0.3, -0.25) is 0 Å². The number of ether oxygens (including phenoxy) is 3. The van der Waals surface area contributed by atoms with Crippen molar-refractivity contribution in [2.45, 2.75) is 0 Å². The number of methoxy groups -OCH3 is 2. The topological polar surface area (TPSA) is 65.0 Å². The molecule has 1 N–H and O–H groups in total. The summed E-state index contributed by atoms with van der Waals surface area (Å²) in [5.74, 6) is 1.03. The summed E-state index contributed by atoms with van der Waals surface area (Å²) in [6.07, 6.45) is 0. The molecule has 0 bridgehead atoms. The van der Waals surface area contributed by atoms with Gasteiger partial charge in [0.25, 0.3) is 0 Å². The molecule has 110 valence electrons. The maximum Gasteiger partial charge on any atom is 0.335 e. The van der Waals surface area contributed by atoms with E-state index in [1.54, 1.807) is 38.5 Å². The number of carboxylic acid groups (broad SMARTS) is 1. The normalized spacial score (nSPS) is 10.0. The van der Waals surface area contributed by atoms with Crippen LogP contribution in [0.3, 0.4) is 0 Å². The number of hydrogen-bond acceptors (Lipinski definition) is 4. The lowest BCUT2D eigenvalue weighted by atomic mass is 10.2. The van der Waals surface area contributed by atoms with Crippen molar-refractivity contribution in [3.05, 3.63) is 46.4 Å². The van der Waals surface area contributed by atoms with E-state index in [1.807, 2.05) is 0 Å². The third-order valence-electron chi connectivity index (χ3n) is 2.68. The van der Waals surface area contributed by atoms with Gasteiger partial charge < -0.3 is 19.3 Å². The van der Waals surface area contributed by atoms with Crippen LogP contribution in [0.15, 0.2) is 40.9 Å². The summed E-state index contributed by atoms with van der Waals surface area (Å²) in [6.45, 7) is 0. The number of benzene rings is 2. The van der Waals surface area contributed by atoms with E-state index in [2.05, 4.69) is 15.9 Å². The van der Waals surface area contributed by atoms with Crippen LogP contribution < -0.4 is 14.2 Å². The van der Waals surface area contributed by atoms with Crippen LogP contribution in [0, 0.1) is 0 Å². The lowest BCUT2D eigenvalue weighted by Crippen LogP contribution is -1.97. The Labute approximate surface area is 130 Å². The molecule has 0 saturated carbocycles. The van der Waals surface area contributed by atoms with Gasteiger partial charge in [-0.15, -0.1) is 0 Å². The lowest BCUT2D eigenvalue weighted by molar-refractivity contribution is 0.0696. The Bertz CT molecular complexity index is 647. The monoisotopic (exact) mass is 352 g/mol. The fourth-order valence-corrected chi connectivity index (χ4v) is 2.19. The Balaban J connectivity index is 2.35. The quantitative estimate of drug-likeness (QED) is 0.882. The molecule has 0 spiro atoms. The van der Waals surface area contributed by atoms with Gasteiger partial charge in [-0.05, 0) is 18.2 Å². The molecule has 0 unspecified atom stereocenters. The molecule has 0 aromatic heterocycles. The van der Waals surface area contributed by atoms with Crippen molar-refractivity contribution in [3.63, 3.8) is 0 Å². The number of carboxylic acids is 1. The Kier molecular flexibility index (Phi) is 4.70. The Morgan fingerprint density at radius 3 is 1.95 bits per heavy atom. The second-order valence-corrected chi connectivity index (χ2v) is 5.05. The summed E-state index contributed by atoms with van der Waals surface area (Å²) < 4.78 is 16.6. The molecule has 6 heteroatoms. The third kappa shape index (κ3) is 3.88. The molecule has 2 aromatic rings. The molecule has 0 atom stereocenters. The summed E-state index contributed by atoms with van der Waals surface area (Å²) in [4.78, 5) is 11.0. The van der Waals surface area contributed by atoms with E-state index in [-0.39, 0.29) is 5.56 Å². The standard InChI is InChI=1S/C15H13BrO5/c1-19-11-6-12(20-2)8-14(7-11)21-13-4-9(15(17)18)3-10(16)5-13/h3-8H,1-2H3,(H,17,18). The molecule has 0 heterocycles. The zero-order valence-electron chi connectivity index (χ0n) is 11.4. The van der Waals surface area contributed by atoms with Gasteiger partial charge in [-0.2, -0.15) is 0 Å². The Morgan fingerprint density at radius 2 is 1.43 bits per heavy atom. The first-order chi connectivity index (χ1) is 10.0. The number of hydrogen-bond donors (Lipinski definition) is 1. The summed E-state index contributed by atoms with van der Waals surface area (Å²) in [5.41, 5.74) is 0.134. The van der Waals surface area contributed by atoms with Gasteiger partial charge in [-0.25, -0.2) is 4.79 Å². The van der Waals surface area contributed by atoms with Crippen LogP contribution in [0.4, 0.5) is 0 Å². The van der Waals surface area contributed by atoms with E-state index >= 15 is 0 Å². The van der Waals surface area contributed by atoms with Crippen LogP contribution >= 0.6 is 15.9 Å². The third-order valence-corrected chi connectivity index (χ3v) is 3.14. The summed E-state index contributed by atoms with van der Waals surface area (Å²) in [6, 6.07) is 9.71. The summed E-state index contributed by atoms with van der Waals surface area (Å²) >= 11 is 3.26. The van der Waals surface area contributed by atoms with E-state index in [0.29, 0.717) is 27.5 Å². The van der Waals surface area contributed by atoms with Crippen LogP contribution in [0.5, 0.6) is 23.0 Å². The molecule has 0 radical (unpaired) electrons. The minimum absolute atomic E-state index is 0.134. The maximum atomic E-state index is 11.0. The van der Waals surface area contributed by atoms with Gasteiger partial charge >= 0.3 is 5.97 Å². The SMILES string of the molecule is COc1cc(OC)cc(Oc2cc(Br)cc(C(=O)O)c2)c1. The average Bonchev–Trinajstić information content (AvgIpc) is 2.46. The largest absolute Gasteiger partial charge is 0.496 e. The molecule has 0 aliphatic carbocycles. The highest BCUT2D eigenvalue weighted by Crippen LogP contribution is 2.32. The van der Waals surface area contributed by atoms with Crippen molar-refractivity contribution in [1.29, 1.82) is 0 Å². The van der Waals surface area contributed by atoms with Crippen LogP contribution in [0.25, 0.3) is 0 Å². The average molecular weight is 353 g/mol. The number of rotatable bonds is 5. The van der Waals surface area contributed by atoms with Gasteiger partial charge in [0.05, 0.1) is 19.8 Å². The molecular weight excluding hydrogens is 340 g/mol. The van der Waals surface area contributed by atoms with E-state index in [0.717, 1.165) is 0 Å². The van der Waals surface area contributed by atoms with Gasteiger partial charge in [0, 0.05) is 22.7 Å². The van der Waals surface area contributed by atoms with Gasteiger partial charge in [0.1, 0.15) is 23.0 Å². The predicted octanol–water partition coefficient (Wildman–Crippen LogP) is 3.96. The highest BCUT2D eigenvalue weighted by atomic mass is 79.9. The first-order valence-electron chi connectivity index (χ1n) is 5.96. The first kappa shape index (κ1) is 15.2. The molecule has 21 heavy (non-hydrogen) atoms. The first-order valence-corrected chi connectivity index (χ1v) is 6.76. The van der Waals surface area contributed by atoms with Crippen LogP contribution in [0.2, 0.25) is 0 Å². The summed E-state index contributed by atoms with van der Waals surface area (Å²) in [7, 11) is 3.08. The smallest absolute Gasteiger partial charge is 0.335 e.